The Balaban J connectivity index is 2.04. The van der Waals surface area contributed by atoms with Crippen molar-refractivity contribution in [3.05, 3.63) is 29.8 Å². The van der Waals surface area contributed by atoms with Crippen molar-refractivity contribution >= 4 is 0 Å². The molecule has 18 heavy (non-hydrogen) atoms. The van der Waals surface area contributed by atoms with Gasteiger partial charge in [0.2, 0.25) is 0 Å². The molecule has 0 heterocycles. The van der Waals surface area contributed by atoms with E-state index in [1.165, 1.54) is 31.2 Å². The summed E-state index contributed by atoms with van der Waals surface area (Å²) >= 11 is 0. The van der Waals surface area contributed by atoms with Gasteiger partial charge >= 0.3 is 0 Å². The summed E-state index contributed by atoms with van der Waals surface area (Å²) in [7, 11) is 1.74. The van der Waals surface area contributed by atoms with Crippen LogP contribution in [0.4, 0.5) is 0 Å². The van der Waals surface area contributed by atoms with Gasteiger partial charge in [-0.3, -0.25) is 0 Å². The average molecular weight is 247 g/mol. The van der Waals surface area contributed by atoms with E-state index in [1.54, 1.807) is 7.11 Å². The SMILES string of the molecule is COc1ccccc1[C@H](C)NC1CCCCC1C. The molecular formula is C16H25NO. The van der Waals surface area contributed by atoms with Crippen LogP contribution in [0.1, 0.15) is 51.1 Å². The van der Waals surface area contributed by atoms with Crippen LogP contribution in [0.5, 0.6) is 5.75 Å². The van der Waals surface area contributed by atoms with Crippen molar-refractivity contribution in [1.29, 1.82) is 0 Å². The Morgan fingerprint density at radius 2 is 1.94 bits per heavy atom. The molecule has 1 aliphatic rings. The summed E-state index contributed by atoms with van der Waals surface area (Å²) in [6.45, 7) is 4.60. The van der Waals surface area contributed by atoms with Crippen LogP contribution in [-0.2, 0) is 0 Å². The Bertz CT molecular complexity index is 377. The molecule has 0 amide bonds. The van der Waals surface area contributed by atoms with Crippen molar-refractivity contribution in [2.24, 2.45) is 5.92 Å². The van der Waals surface area contributed by atoms with Crippen molar-refractivity contribution in [3.8, 4) is 5.75 Å². The van der Waals surface area contributed by atoms with Crippen LogP contribution in [0.3, 0.4) is 0 Å². The lowest BCUT2D eigenvalue weighted by atomic mass is 9.85. The fraction of sp³-hybridized carbons (Fsp3) is 0.625. The number of para-hydroxylation sites is 1. The predicted molar refractivity (Wildman–Crippen MR) is 76.0 cm³/mol. The third-order valence-corrected chi connectivity index (χ3v) is 4.18. The third kappa shape index (κ3) is 3.05. The second-order valence-electron chi connectivity index (χ2n) is 5.50. The number of nitrogens with one attached hydrogen (secondary N) is 1. The Hall–Kier alpha value is -1.02. The maximum atomic E-state index is 5.44. The summed E-state index contributed by atoms with van der Waals surface area (Å²) in [5.41, 5.74) is 1.26. The fourth-order valence-electron chi connectivity index (χ4n) is 3.00. The van der Waals surface area contributed by atoms with Gasteiger partial charge in [-0.1, -0.05) is 38.0 Å². The number of benzene rings is 1. The molecule has 1 fully saturated rings. The van der Waals surface area contributed by atoms with Crippen LogP contribution in [-0.4, -0.2) is 13.2 Å². The summed E-state index contributed by atoms with van der Waals surface area (Å²) in [6, 6.07) is 9.31. The van der Waals surface area contributed by atoms with Crippen molar-refractivity contribution in [2.45, 2.75) is 51.6 Å². The summed E-state index contributed by atoms with van der Waals surface area (Å²) in [5, 5.41) is 3.78. The first kappa shape index (κ1) is 13.4. The first-order valence-electron chi connectivity index (χ1n) is 7.11. The van der Waals surface area contributed by atoms with Gasteiger partial charge in [0.05, 0.1) is 7.11 Å². The normalized spacial score (nSPS) is 25.7. The van der Waals surface area contributed by atoms with Gasteiger partial charge in [0, 0.05) is 17.6 Å². The highest BCUT2D eigenvalue weighted by Gasteiger charge is 2.23. The minimum atomic E-state index is 0.353. The minimum absolute atomic E-state index is 0.353. The molecule has 1 saturated carbocycles. The molecule has 1 aromatic carbocycles. The van der Waals surface area contributed by atoms with E-state index in [4.69, 9.17) is 4.74 Å². The summed E-state index contributed by atoms with van der Waals surface area (Å²) in [4.78, 5) is 0. The molecule has 0 saturated heterocycles. The molecule has 2 rings (SSSR count). The molecule has 2 nitrogen and oxygen atoms in total. The molecule has 1 aliphatic carbocycles. The number of rotatable bonds is 4. The topological polar surface area (TPSA) is 21.3 Å². The molecule has 0 aromatic heterocycles. The maximum Gasteiger partial charge on any atom is 0.123 e. The highest BCUT2D eigenvalue weighted by atomic mass is 16.5. The fourth-order valence-corrected chi connectivity index (χ4v) is 3.00. The first-order valence-corrected chi connectivity index (χ1v) is 7.11. The second kappa shape index (κ2) is 6.24. The van der Waals surface area contributed by atoms with Gasteiger partial charge in [0.1, 0.15) is 5.75 Å². The van der Waals surface area contributed by atoms with Crippen molar-refractivity contribution in [2.75, 3.05) is 7.11 Å². The molecule has 3 atom stereocenters. The highest BCUT2D eigenvalue weighted by Crippen LogP contribution is 2.29. The minimum Gasteiger partial charge on any atom is -0.496 e. The van der Waals surface area contributed by atoms with Gasteiger partial charge in [0.25, 0.3) is 0 Å². The van der Waals surface area contributed by atoms with Gasteiger partial charge in [0.15, 0.2) is 0 Å². The summed E-state index contributed by atoms with van der Waals surface area (Å²) in [6.07, 6.45) is 5.42. The lowest BCUT2D eigenvalue weighted by Crippen LogP contribution is -2.38. The standard InChI is InChI=1S/C16H25NO/c1-12-8-4-6-10-15(12)17-13(2)14-9-5-7-11-16(14)18-3/h5,7,9,11-13,15,17H,4,6,8,10H2,1-3H3/t12?,13-,15?/m0/s1. The molecule has 1 N–H and O–H groups in total. The zero-order chi connectivity index (χ0) is 13.0. The monoisotopic (exact) mass is 247 g/mol. The molecule has 0 aliphatic heterocycles. The number of ether oxygens (including phenoxy) is 1. The van der Waals surface area contributed by atoms with Crippen LogP contribution in [0.2, 0.25) is 0 Å². The maximum absolute atomic E-state index is 5.44. The predicted octanol–water partition coefficient (Wildman–Crippen LogP) is 3.92. The van der Waals surface area contributed by atoms with E-state index in [0.717, 1.165) is 11.7 Å². The van der Waals surface area contributed by atoms with E-state index < -0.39 is 0 Å². The number of methoxy groups -OCH3 is 1. The Labute approximate surface area is 111 Å². The number of hydrogen-bond donors (Lipinski definition) is 1. The summed E-state index contributed by atoms with van der Waals surface area (Å²) in [5.74, 6) is 1.77. The van der Waals surface area contributed by atoms with E-state index in [1.807, 2.05) is 12.1 Å². The highest BCUT2D eigenvalue weighted by molar-refractivity contribution is 5.35. The van der Waals surface area contributed by atoms with Gasteiger partial charge in [-0.05, 0) is 31.7 Å². The lowest BCUT2D eigenvalue weighted by molar-refractivity contribution is 0.261. The quantitative estimate of drug-likeness (QED) is 0.870. The first-order chi connectivity index (χ1) is 8.72. The second-order valence-corrected chi connectivity index (χ2v) is 5.50. The Morgan fingerprint density at radius 1 is 1.22 bits per heavy atom. The molecular weight excluding hydrogens is 222 g/mol. The Morgan fingerprint density at radius 3 is 2.67 bits per heavy atom. The van der Waals surface area contributed by atoms with Crippen LogP contribution < -0.4 is 10.1 Å². The molecule has 1 aromatic rings. The molecule has 2 unspecified atom stereocenters. The van der Waals surface area contributed by atoms with Crippen LogP contribution in [0.25, 0.3) is 0 Å². The smallest absolute Gasteiger partial charge is 0.123 e. The lowest BCUT2D eigenvalue weighted by Gasteiger charge is -2.32. The Kier molecular flexibility index (Phi) is 4.65. The van der Waals surface area contributed by atoms with Gasteiger partial charge in [-0.2, -0.15) is 0 Å². The van der Waals surface area contributed by atoms with Gasteiger partial charge in [-0.25, -0.2) is 0 Å². The molecule has 0 spiro atoms. The van der Waals surface area contributed by atoms with Crippen LogP contribution in [0.15, 0.2) is 24.3 Å². The number of hydrogen-bond acceptors (Lipinski definition) is 2. The van der Waals surface area contributed by atoms with E-state index >= 15 is 0 Å². The van der Waals surface area contributed by atoms with Crippen molar-refractivity contribution in [3.63, 3.8) is 0 Å². The van der Waals surface area contributed by atoms with Crippen LogP contribution >= 0.6 is 0 Å². The van der Waals surface area contributed by atoms with Crippen LogP contribution in [0, 0.1) is 5.92 Å². The average Bonchev–Trinajstić information content (AvgIpc) is 2.41. The van der Waals surface area contributed by atoms with E-state index in [-0.39, 0.29) is 0 Å². The summed E-state index contributed by atoms with van der Waals surface area (Å²) < 4.78 is 5.44. The molecule has 2 heteroatoms. The zero-order valence-electron chi connectivity index (χ0n) is 11.8. The zero-order valence-corrected chi connectivity index (χ0v) is 11.8. The van der Waals surface area contributed by atoms with Gasteiger partial charge < -0.3 is 10.1 Å². The van der Waals surface area contributed by atoms with E-state index in [0.29, 0.717) is 12.1 Å². The molecule has 0 radical (unpaired) electrons. The molecule has 0 bridgehead atoms. The van der Waals surface area contributed by atoms with E-state index in [2.05, 4.69) is 31.3 Å². The van der Waals surface area contributed by atoms with Gasteiger partial charge in [-0.15, -0.1) is 0 Å². The van der Waals surface area contributed by atoms with Crippen molar-refractivity contribution in [1.82, 2.24) is 5.32 Å². The van der Waals surface area contributed by atoms with E-state index in [9.17, 15) is 0 Å². The van der Waals surface area contributed by atoms with Crippen molar-refractivity contribution < 1.29 is 4.74 Å². The molecule has 100 valence electrons. The largest absolute Gasteiger partial charge is 0.496 e. The third-order valence-electron chi connectivity index (χ3n) is 4.18.